The smallest absolute Gasteiger partial charge is 0.135 e. The minimum Gasteiger partial charge on any atom is -0.393 e. The number of piperidine rings is 1. The van der Waals surface area contributed by atoms with E-state index in [1.54, 1.807) is 0 Å². The highest BCUT2D eigenvalue weighted by atomic mass is 35.5. The molecule has 4 rings (SSSR count). The highest BCUT2D eigenvalue weighted by molar-refractivity contribution is 5.85. The predicted molar refractivity (Wildman–Crippen MR) is 106 cm³/mol. The van der Waals surface area contributed by atoms with Gasteiger partial charge in [-0.1, -0.05) is 30.3 Å². The van der Waals surface area contributed by atoms with Crippen molar-refractivity contribution in [3.05, 3.63) is 53.0 Å². The van der Waals surface area contributed by atoms with E-state index in [2.05, 4.69) is 34.5 Å². The fraction of sp³-hybridized carbons (Fsp3) is 0.500. The fourth-order valence-corrected chi connectivity index (χ4v) is 3.77. The lowest BCUT2D eigenvalue weighted by Crippen LogP contribution is -2.37. The Morgan fingerprint density at radius 3 is 2.54 bits per heavy atom. The molecule has 1 fully saturated rings. The van der Waals surface area contributed by atoms with E-state index in [0.717, 1.165) is 69.9 Å². The van der Waals surface area contributed by atoms with Crippen LogP contribution in [0.3, 0.4) is 0 Å². The van der Waals surface area contributed by atoms with Crippen LogP contribution in [0.15, 0.2) is 30.3 Å². The van der Waals surface area contributed by atoms with Crippen molar-refractivity contribution in [1.82, 2.24) is 15.3 Å². The number of halogens is 1. The van der Waals surface area contributed by atoms with E-state index in [0.29, 0.717) is 0 Å². The van der Waals surface area contributed by atoms with Gasteiger partial charge in [0.2, 0.25) is 0 Å². The van der Waals surface area contributed by atoms with Crippen molar-refractivity contribution in [3.8, 4) is 0 Å². The maximum Gasteiger partial charge on any atom is 0.135 e. The third kappa shape index (κ3) is 4.34. The molecule has 6 heteroatoms. The lowest BCUT2D eigenvalue weighted by Gasteiger charge is -2.32. The number of hydrogen-bond acceptors (Lipinski definition) is 5. The summed E-state index contributed by atoms with van der Waals surface area (Å²) >= 11 is 0. The van der Waals surface area contributed by atoms with E-state index in [4.69, 9.17) is 9.97 Å². The van der Waals surface area contributed by atoms with Gasteiger partial charge in [0.05, 0.1) is 11.8 Å². The predicted octanol–water partition coefficient (Wildman–Crippen LogP) is 2.14. The monoisotopic (exact) mass is 374 g/mol. The Labute approximate surface area is 161 Å². The molecule has 0 aliphatic carbocycles. The molecule has 0 amide bonds. The van der Waals surface area contributed by atoms with Crippen LogP contribution >= 0.6 is 12.4 Å². The fourth-order valence-electron chi connectivity index (χ4n) is 3.77. The summed E-state index contributed by atoms with van der Waals surface area (Å²) in [6.07, 6.45) is 4.20. The Morgan fingerprint density at radius 2 is 1.77 bits per heavy atom. The second-order valence-corrected chi connectivity index (χ2v) is 7.02. The average molecular weight is 375 g/mol. The van der Waals surface area contributed by atoms with Gasteiger partial charge < -0.3 is 15.3 Å². The van der Waals surface area contributed by atoms with Gasteiger partial charge >= 0.3 is 0 Å². The molecule has 2 aliphatic heterocycles. The van der Waals surface area contributed by atoms with Crippen LogP contribution in [-0.2, 0) is 19.3 Å². The molecule has 2 aliphatic rings. The molecule has 0 atom stereocenters. The van der Waals surface area contributed by atoms with Crippen LogP contribution in [0.25, 0.3) is 0 Å². The normalized spacial score (nSPS) is 18.0. The molecule has 3 heterocycles. The second kappa shape index (κ2) is 8.80. The molecule has 1 saturated heterocycles. The Bertz CT molecular complexity index is 717. The molecule has 2 aromatic rings. The Kier molecular flexibility index (Phi) is 6.46. The number of nitrogens with one attached hydrogen (secondary N) is 1. The number of nitrogens with zero attached hydrogens (tertiary/aromatic N) is 3. The Morgan fingerprint density at radius 1 is 1.04 bits per heavy atom. The molecule has 140 valence electrons. The molecule has 26 heavy (non-hydrogen) atoms. The number of hydrogen-bond donors (Lipinski definition) is 2. The summed E-state index contributed by atoms with van der Waals surface area (Å²) < 4.78 is 0. The van der Waals surface area contributed by atoms with Crippen LogP contribution in [0, 0.1) is 0 Å². The highest BCUT2D eigenvalue weighted by Crippen LogP contribution is 2.27. The van der Waals surface area contributed by atoms with Crippen molar-refractivity contribution in [3.63, 3.8) is 0 Å². The van der Waals surface area contributed by atoms with Crippen LogP contribution in [-0.4, -0.2) is 47.4 Å². The molecule has 0 saturated carbocycles. The number of aliphatic hydroxyl groups excluding tert-OH is 1. The van der Waals surface area contributed by atoms with Gasteiger partial charge in [0.25, 0.3) is 0 Å². The zero-order chi connectivity index (χ0) is 17.1. The first-order chi connectivity index (χ1) is 12.3. The first-order valence-electron chi connectivity index (χ1n) is 9.36. The lowest BCUT2D eigenvalue weighted by atomic mass is 10.0. The third-order valence-corrected chi connectivity index (χ3v) is 5.18. The van der Waals surface area contributed by atoms with E-state index in [1.807, 2.05) is 6.07 Å². The van der Waals surface area contributed by atoms with Gasteiger partial charge in [-0.15, -0.1) is 12.4 Å². The minimum absolute atomic E-state index is 0. The van der Waals surface area contributed by atoms with Crippen LogP contribution in [0.5, 0.6) is 0 Å². The van der Waals surface area contributed by atoms with Crippen molar-refractivity contribution < 1.29 is 5.11 Å². The van der Waals surface area contributed by atoms with E-state index in [1.165, 1.54) is 16.8 Å². The third-order valence-electron chi connectivity index (χ3n) is 5.18. The van der Waals surface area contributed by atoms with Crippen molar-refractivity contribution in [2.24, 2.45) is 0 Å². The summed E-state index contributed by atoms with van der Waals surface area (Å²) in [5, 5.41) is 13.3. The number of aliphatic hydroxyl groups is 1. The van der Waals surface area contributed by atoms with Crippen molar-refractivity contribution >= 4 is 18.2 Å². The van der Waals surface area contributed by atoms with E-state index in [9.17, 15) is 5.11 Å². The SMILES string of the molecule is Cl.OC1CCN(c2nc(Cc3ccccc3)nc3c2CCNCC3)CC1. The van der Waals surface area contributed by atoms with E-state index < -0.39 is 0 Å². The van der Waals surface area contributed by atoms with Crippen LogP contribution in [0.1, 0.15) is 35.5 Å². The maximum absolute atomic E-state index is 9.84. The Hall–Kier alpha value is -1.69. The second-order valence-electron chi connectivity index (χ2n) is 7.02. The Balaban J connectivity index is 0.00000196. The average Bonchev–Trinajstić information content (AvgIpc) is 2.88. The molecule has 1 aromatic carbocycles. The number of fused-ring (bicyclic) bond motifs is 1. The van der Waals surface area contributed by atoms with Crippen LogP contribution < -0.4 is 10.2 Å². The highest BCUT2D eigenvalue weighted by Gasteiger charge is 2.24. The first kappa shape index (κ1) is 19.1. The molecular formula is C20H27ClN4O. The van der Waals surface area contributed by atoms with Gasteiger partial charge in [0.1, 0.15) is 11.6 Å². The largest absolute Gasteiger partial charge is 0.393 e. The first-order valence-corrected chi connectivity index (χ1v) is 9.36. The van der Waals surface area contributed by atoms with Gasteiger partial charge in [-0.3, -0.25) is 0 Å². The number of rotatable bonds is 3. The van der Waals surface area contributed by atoms with E-state index >= 15 is 0 Å². The molecule has 2 N–H and O–H groups in total. The number of aromatic nitrogens is 2. The van der Waals surface area contributed by atoms with Crippen molar-refractivity contribution in [2.75, 3.05) is 31.1 Å². The minimum atomic E-state index is -0.165. The van der Waals surface area contributed by atoms with Crippen molar-refractivity contribution in [1.29, 1.82) is 0 Å². The van der Waals surface area contributed by atoms with Crippen molar-refractivity contribution in [2.45, 2.75) is 38.2 Å². The molecule has 0 bridgehead atoms. The summed E-state index contributed by atoms with van der Waals surface area (Å²) in [4.78, 5) is 12.2. The number of benzene rings is 1. The quantitative estimate of drug-likeness (QED) is 0.861. The molecule has 5 nitrogen and oxygen atoms in total. The summed E-state index contributed by atoms with van der Waals surface area (Å²) in [5.41, 5.74) is 3.75. The molecule has 0 radical (unpaired) electrons. The molecule has 0 unspecified atom stereocenters. The van der Waals surface area contributed by atoms with Crippen LogP contribution in [0.2, 0.25) is 0 Å². The zero-order valence-electron chi connectivity index (χ0n) is 15.0. The van der Waals surface area contributed by atoms with Gasteiger partial charge in [-0.05, 0) is 31.4 Å². The maximum atomic E-state index is 9.84. The van der Waals surface area contributed by atoms with Gasteiger partial charge in [-0.25, -0.2) is 9.97 Å². The zero-order valence-corrected chi connectivity index (χ0v) is 15.8. The number of anilines is 1. The van der Waals surface area contributed by atoms with E-state index in [-0.39, 0.29) is 18.5 Å². The van der Waals surface area contributed by atoms with Crippen LogP contribution in [0.4, 0.5) is 5.82 Å². The summed E-state index contributed by atoms with van der Waals surface area (Å²) in [7, 11) is 0. The topological polar surface area (TPSA) is 61.3 Å². The molecular weight excluding hydrogens is 348 g/mol. The van der Waals surface area contributed by atoms with Gasteiger partial charge in [0.15, 0.2) is 0 Å². The van der Waals surface area contributed by atoms with Gasteiger partial charge in [0, 0.05) is 38.0 Å². The summed E-state index contributed by atoms with van der Waals surface area (Å²) in [5.74, 6) is 2.01. The molecule has 0 spiro atoms. The van der Waals surface area contributed by atoms with Gasteiger partial charge in [-0.2, -0.15) is 0 Å². The standard InChI is InChI=1S/C20H26N4O.ClH/c25-16-8-12-24(13-9-16)20-17-6-10-21-11-7-18(17)22-19(23-20)14-15-4-2-1-3-5-15;/h1-5,16,21,25H,6-14H2;1H. The molecule has 1 aromatic heterocycles. The summed E-state index contributed by atoms with van der Waals surface area (Å²) in [6.45, 7) is 3.72. The summed E-state index contributed by atoms with van der Waals surface area (Å²) in [6, 6.07) is 10.4. The lowest BCUT2D eigenvalue weighted by molar-refractivity contribution is 0.145.